The average molecular weight is 1020 g/mol. The van der Waals surface area contributed by atoms with Gasteiger partial charge in [0.05, 0.1) is 0 Å². The van der Waals surface area contributed by atoms with Crippen LogP contribution in [0.5, 0.6) is 11.5 Å². The van der Waals surface area contributed by atoms with Gasteiger partial charge in [-0.15, -0.1) is 23.1 Å². The second-order valence-corrected chi connectivity index (χ2v) is 19.0. The van der Waals surface area contributed by atoms with E-state index in [9.17, 15) is 0 Å². The quantitative estimate of drug-likeness (QED) is 0.135. The second-order valence-electron chi connectivity index (χ2n) is 18.0. The molecule has 9 aromatic rings. The summed E-state index contributed by atoms with van der Waals surface area (Å²) in [5.74, 6) is 2.64. The van der Waals surface area contributed by atoms with Crippen LogP contribution in [-0.2, 0) is 26.5 Å². The molecule has 5 aromatic carbocycles. The molecule has 9 rings (SSSR count). The van der Waals surface area contributed by atoms with Gasteiger partial charge in [-0.25, -0.2) is 4.98 Å². The Balaban J connectivity index is 0.00000576. The minimum atomic E-state index is -2.33. The number of nitrogens with zero attached hydrogens (tertiary/aromatic N) is 4. The molecule has 0 spiro atoms. The van der Waals surface area contributed by atoms with Gasteiger partial charge < -0.3 is 14.3 Å². The van der Waals surface area contributed by atoms with Gasteiger partial charge in [0.15, 0.2) is 0 Å². The summed E-state index contributed by atoms with van der Waals surface area (Å²) in [6, 6.07) is 42.7. The molecule has 0 aliphatic carbocycles. The van der Waals surface area contributed by atoms with Crippen LogP contribution in [0.3, 0.4) is 0 Å². The molecule has 7 heteroatoms. The van der Waals surface area contributed by atoms with Crippen LogP contribution in [0.15, 0.2) is 116 Å². The number of aromatic nitrogens is 4. The molecule has 4 aromatic heterocycles. The summed E-state index contributed by atoms with van der Waals surface area (Å²) in [6.45, 7) is 17.3. The summed E-state index contributed by atoms with van der Waals surface area (Å²) in [6.07, 6.45) is 3.31. The Bertz CT molecular complexity index is 3170. The Labute approximate surface area is 388 Å². The molecule has 0 N–H and O–H groups in total. The number of pyridine rings is 2. The van der Waals surface area contributed by atoms with E-state index in [1.165, 1.54) is 28.5 Å². The van der Waals surface area contributed by atoms with E-state index < -0.39 is 12.3 Å². The van der Waals surface area contributed by atoms with Gasteiger partial charge in [-0.3, -0.25) is 4.98 Å². The van der Waals surface area contributed by atoms with Crippen LogP contribution < -0.4 is 4.74 Å². The first-order valence-corrected chi connectivity index (χ1v) is 22.0. The van der Waals surface area contributed by atoms with E-state index in [-0.39, 0.29) is 38.5 Å². The molecule has 0 fully saturated rings. The van der Waals surface area contributed by atoms with E-state index in [4.69, 9.17) is 23.8 Å². The normalized spacial score (nSPS) is 12.9. The van der Waals surface area contributed by atoms with Gasteiger partial charge in [-0.1, -0.05) is 147 Å². The van der Waals surface area contributed by atoms with Crippen molar-refractivity contribution in [3.8, 4) is 50.3 Å². The molecule has 5 nitrogen and oxygen atoms in total. The monoisotopic (exact) mass is 1010 g/mol. The number of rotatable bonds is 9. The molecule has 0 atom stereocenters. The molecule has 0 saturated heterocycles. The molecular weight excluding hydrogens is 960 g/mol. The van der Waals surface area contributed by atoms with E-state index in [0.29, 0.717) is 34.2 Å². The minimum Gasteiger partial charge on any atom is -0.503 e. The minimum absolute atomic E-state index is 0. The maximum atomic E-state index is 8.37. The standard InChI is InChI=1S/C55H52N4OS.Pt/c1-32(2)38-25-42(33(3)4)52(43(26-38)34(5)6)54-58-48-28-40(27-45(53(48)61-54)47-30-46(55(8,9)10)35(7)31-57-47)60-39-20-21-41-44-24-37(36-16-12-11-13-17-36)19-22-49(44)59(50(41)29-39)51-18-14-15-23-56-51;/h11-26,28,30-34H,1-10H3;/q-2;+2/i7D3;. The SMILES string of the molecule is [2H]C([2H])([2H])c1cnc(-c2[c-]c(Oc3[c-]c4c(cc3)c3cc(-c5ccccc5)ccc3n4-c3ccccn3)cc3nc(-c4c(C(C)C)cc(C(C)C)cc4C(C)C)sc23)cc1C(C)(C)C.[Pt+2]. The van der Waals surface area contributed by atoms with E-state index in [0.717, 1.165) is 54.0 Å². The number of hydrogen-bond acceptors (Lipinski definition) is 5. The van der Waals surface area contributed by atoms with E-state index >= 15 is 0 Å². The summed E-state index contributed by atoms with van der Waals surface area (Å²) in [7, 11) is 0. The number of ether oxygens (including phenoxy) is 1. The fourth-order valence-corrected chi connectivity index (χ4v) is 9.49. The van der Waals surface area contributed by atoms with E-state index in [1.54, 1.807) is 17.5 Å². The number of aryl methyl sites for hydroxylation is 1. The van der Waals surface area contributed by atoms with Crippen LogP contribution in [-0.4, -0.2) is 19.5 Å². The predicted molar refractivity (Wildman–Crippen MR) is 256 cm³/mol. The largest absolute Gasteiger partial charge is 2.00 e. The Morgan fingerprint density at radius 1 is 0.726 bits per heavy atom. The fraction of sp³-hybridized carbons (Fsp3) is 0.255. The van der Waals surface area contributed by atoms with Crippen molar-refractivity contribution >= 4 is 43.4 Å². The first-order valence-electron chi connectivity index (χ1n) is 22.7. The van der Waals surface area contributed by atoms with Crippen LogP contribution in [0.2, 0.25) is 0 Å². The molecule has 0 unspecified atom stereocenters. The molecule has 0 aliphatic heterocycles. The number of fused-ring (bicyclic) bond motifs is 4. The van der Waals surface area contributed by atoms with Crippen molar-refractivity contribution in [2.75, 3.05) is 0 Å². The number of benzene rings is 5. The molecule has 0 aliphatic rings. The fourth-order valence-electron chi connectivity index (χ4n) is 8.34. The maximum absolute atomic E-state index is 8.37. The van der Waals surface area contributed by atoms with Gasteiger partial charge in [0.25, 0.3) is 0 Å². The molecule has 0 bridgehead atoms. The molecule has 0 amide bonds. The van der Waals surface area contributed by atoms with Gasteiger partial charge in [-0.05, 0) is 103 Å². The van der Waals surface area contributed by atoms with E-state index in [1.807, 2.05) is 63.2 Å². The van der Waals surface area contributed by atoms with Crippen molar-refractivity contribution in [1.29, 1.82) is 0 Å². The Kier molecular flexibility index (Phi) is 10.8. The van der Waals surface area contributed by atoms with Crippen molar-refractivity contribution in [1.82, 2.24) is 19.5 Å². The van der Waals surface area contributed by atoms with Crippen LogP contribution >= 0.6 is 11.3 Å². The Morgan fingerprint density at radius 3 is 2.13 bits per heavy atom. The van der Waals surface area contributed by atoms with Gasteiger partial charge in [0.2, 0.25) is 0 Å². The summed E-state index contributed by atoms with van der Waals surface area (Å²) < 4.78 is 34.9. The van der Waals surface area contributed by atoms with Crippen LogP contribution in [0, 0.1) is 19.0 Å². The zero-order chi connectivity index (χ0) is 45.2. The zero-order valence-electron chi connectivity index (χ0n) is 39.6. The predicted octanol–water partition coefficient (Wildman–Crippen LogP) is 15.6. The summed E-state index contributed by atoms with van der Waals surface area (Å²) in [4.78, 5) is 15.0. The van der Waals surface area contributed by atoms with Crippen molar-refractivity contribution in [2.24, 2.45) is 0 Å². The third-order valence-corrected chi connectivity index (χ3v) is 12.7. The summed E-state index contributed by atoms with van der Waals surface area (Å²) in [5, 5.41) is 3.02. The van der Waals surface area contributed by atoms with Gasteiger partial charge >= 0.3 is 21.1 Å². The van der Waals surface area contributed by atoms with Crippen molar-refractivity contribution in [3.63, 3.8) is 0 Å². The van der Waals surface area contributed by atoms with Gasteiger partial charge in [-0.2, -0.15) is 17.4 Å². The molecule has 0 saturated carbocycles. The number of hydrogen-bond donors (Lipinski definition) is 0. The third-order valence-electron chi connectivity index (χ3n) is 11.6. The first kappa shape index (κ1) is 39.4. The first-order chi connectivity index (χ1) is 30.5. The Hall–Kier alpha value is -5.42. The van der Waals surface area contributed by atoms with Crippen molar-refractivity contribution < 1.29 is 29.9 Å². The summed E-state index contributed by atoms with van der Waals surface area (Å²) in [5.41, 5.74) is 11.7. The van der Waals surface area contributed by atoms with E-state index in [2.05, 4.69) is 119 Å². The average Bonchev–Trinajstić information content (AvgIpc) is 3.84. The third kappa shape index (κ3) is 8.04. The molecule has 314 valence electrons. The molecule has 62 heavy (non-hydrogen) atoms. The van der Waals surface area contributed by atoms with Crippen LogP contribution in [0.25, 0.3) is 70.8 Å². The number of thiazole rings is 1. The van der Waals surface area contributed by atoms with Gasteiger partial charge in [0.1, 0.15) is 10.8 Å². The topological polar surface area (TPSA) is 52.8 Å². The maximum Gasteiger partial charge on any atom is 2.00 e. The van der Waals surface area contributed by atoms with Crippen LogP contribution in [0.1, 0.15) is 112 Å². The molecular formula is C55H52N4OPtS. The van der Waals surface area contributed by atoms with Crippen LogP contribution in [0.4, 0.5) is 0 Å². The van der Waals surface area contributed by atoms with Gasteiger partial charge in [0, 0.05) is 44.6 Å². The molecule has 4 heterocycles. The smallest absolute Gasteiger partial charge is 0.503 e. The molecule has 0 radical (unpaired) electrons. The summed E-state index contributed by atoms with van der Waals surface area (Å²) >= 11 is 1.62. The zero-order valence-corrected chi connectivity index (χ0v) is 39.7. The Morgan fingerprint density at radius 2 is 1.47 bits per heavy atom. The van der Waals surface area contributed by atoms with Crippen molar-refractivity contribution in [2.45, 2.75) is 92.3 Å². The second kappa shape index (κ2) is 17.0. The van der Waals surface area contributed by atoms with Crippen molar-refractivity contribution in [3.05, 3.63) is 155 Å².